The fourth-order valence-electron chi connectivity index (χ4n) is 3.92. The average Bonchev–Trinajstić information content (AvgIpc) is 2.68. The summed E-state index contributed by atoms with van der Waals surface area (Å²) in [4.78, 5) is 50.7. The van der Waals surface area contributed by atoms with Crippen LogP contribution in [0.15, 0.2) is 30.3 Å². The largest absolute Gasteiger partial charge is 0.507 e. The van der Waals surface area contributed by atoms with E-state index < -0.39 is 34.5 Å². The van der Waals surface area contributed by atoms with Crippen molar-refractivity contribution < 1.29 is 34.5 Å². The number of aromatic hydroxyl groups is 2. The number of aliphatic carboxylic acids is 1. The number of benzene rings is 2. The summed E-state index contributed by atoms with van der Waals surface area (Å²) >= 11 is 0. The van der Waals surface area contributed by atoms with E-state index in [0.29, 0.717) is 6.42 Å². The molecule has 0 aliphatic heterocycles. The summed E-state index contributed by atoms with van der Waals surface area (Å²) in [5.41, 5.74) is -2.59. The van der Waals surface area contributed by atoms with Crippen molar-refractivity contribution in [1.82, 2.24) is 0 Å². The highest BCUT2D eigenvalue weighted by Gasteiger charge is 2.45. The third-order valence-electron chi connectivity index (χ3n) is 5.49. The van der Waals surface area contributed by atoms with Gasteiger partial charge in [0.25, 0.3) is 0 Å². The molecule has 1 unspecified atom stereocenters. The van der Waals surface area contributed by atoms with Crippen LogP contribution in [0.1, 0.15) is 75.3 Å². The van der Waals surface area contributed by atoms with Gasteiger partial charge in [-0.15, -0.1) is 0 Å². The number of ketones is 3. The molecule has 7 nitrogen and oxygen atoms in total. The lowest BCUT2D eigenvalue weighted by atomic mass is 9.73. The topological polar surface area (TPSA) is 129 Å². The highest BCUT2D eigenvalue weighted by atomic mass is 16.4. The van der Waals surface area contributed by atoms with Crippen molar-refractivity contribution in [2.75, 3.05) is 0 Å². The molecule has 150 valence electrons. The molecule has 0 radical (unpaired) electrons. The van der Waals surface area contributed by atoms with E-state index in [-0.39, 0.29) is 46.4 Å². The molecule has 0 saturated heterocycles. The molecule has 0 aromatic heterocycles. The molecule has 1 atom stereocenters. The predicted octanol–water partition coefficient (Wildman–Crippen LogP) is 3.34. The minimum absolute atomic E-state index is 0.0381. The van der Waals surface area contributed by atoms with Gasteiger partial charge in [0.15, 0.2) is 11.6 Å². The van der Waals surface area contributed by atoms with E-state index in [1.807, 2.05) is 0 Å². The second-order valence-electron chi connectivity index (χ2n) is 7.10. The van der Waals surface area contributed by atoms with Crippen molar-refractivity contribution in [2.24, 2.45) is 5.41 Å². The smallest absolute Gasteiger partial charge is 0.317 e. The van der Waals surface area contributed by atoms with Gasteiger partial charge in [0.1, 0.15) is 16.9 Å². The summed E-state index contributed by atoms with van der Waals surface area (Å²) in [5, 5.41) is 30.1. The second kappa shape index (κ2) is 7.16. The molecule has 0 spiro atoms. The highest BCUT2D eigenvalue weighted by Crippen LogP contribution is 2.39. The Kier molecular flexibility index (Phi) is 5.00. The van der Waals surface area contributed by atoms with E-state index in [1.165, 1.54) is 18.2 Å². The van der Waals surface area contributed by atoms with Gasteiger partial charge < -0.3 is 15.3 Å². The minimum Gasteiger partial charge on any atom is -0.507 e. The summed E-state index contributed by atoms with van der Waals surface area (Å²) in [6, 6.07) is 6.21. The maximum absolute atomic E-state index is 13.1. The van der Waals surface area contributed by atoms with Crippen LogP contribution >= 0.6 is 0 Å². The van der Waals surface area contributed by atoms with Crippen molar-refractivity contribution in [2.45, 2.75) is 33.1 Å². The number of Topliss-reactive ketones (excluding diaryl/α,β-unsaturated/α-hetero) is 1. The number of carboxylic acid groups (broad SMARTS) is 1. The first-order valence-electron chi connectivity index (χ1n) is 9.26. The SMILES string of the molecule is CCCC(CC)(C(=O)O)C(=O)c1cc(O)c2c(c1)C(=O)c1cccc(O)c1C2=O. The minimum atomic E-state index is -1.69. The van der Waals surface area contributed by atoms with Crippen LogP contribution in [0.2, 0.25) is 0 Å². The Labute approximate surface area is 166 Å². The number of carbonyl (C=O) groups is 4. The van der Waals surface area contributed by atoms with Gasteiger partial charge in [0.2, 0.25) is 5.78 Å². The number of rotatable bonds is 6. The molecule has 29 heavy (non-hydrogen) atoms. The normalized spacial score (nSPS) is 14.7. The monoisotopic (exact) mass is 396 g/mol. The molecular formula is C22H20O7. The number of carboxylic acids is 1. The summed E-state index contributed by atoms with van der Waals surface area (Å²) < 4.78 is 0. The van der Waals surface area contributed by atoms with Crippen LogP contribution in [0.25, 0.3) is 0 Å². The average molecular weight is 396 g/mol. The van der Waals surface area contributed by atoms with Crippen LogP contribution in [0.4, 0.5) is 0 Å². The Bertz CT molecular complexity index is 1070. The third kappa shape index (κ3) is 2.90. The van der Waals surface area contributed by atoms with Crippen LogP contribution in [-0.2, 0) is 4.79 Å². The van der Waals surface area contributed by atoms with Gasteiger partial charge in [-0.1, -0.05) is 32.4 Å². The lowest BCUT2D eigenvalue weighted by Crippen LogP contribution is -2.39. The summed E-state index contributed by atoms with van der Waals surface area (Å²) in [6.07, 6.45) is 0.586. The van der Waals surface area contributed by atoms with Gasteiger partial charge in [-0.25, -0.2) is 0 Å². The molecule has 3 rings (SSSR count). The van der Waals surface area contributed by atoms with Crippen LogP contribution in [0.5, 0.6) is 11.5 Å². The Morgan fingerprint density at radius 3 is 2.17 bits per heavy atom. The maximum Gasteiger partial charge on any atom is 0.317 e. The molecule has 0 heterocycles. The first-order valence-corrected chi connectivity index (χ1v) is 9.26. The van der Waals surface area contributed by atoms with Gasteiger partial charge in [0, 0.05) is 16.7 Å². The zero-order chi connectivity index (χ0) is 21.5. The fraction of sp³-hybridized carbons (Fsp3) is 0.273. The summed E-state index contributed by atoms with van der Waals surface area (Å²) in [7, 11) is 0. The van der Waals surface area contributed by atoms with Crippen LogP contribution in [0, 0.1) is 5.41 Å². The van der Waals surface area contributed by atoms with Gasteiger partial charge in [0.05, 0.1) is 11.1 Å². The predicted molar refractivity (Wildman–Crippen MR) is 103 cm³/mol. The lowest BCUT2D eigenvalue weighted by molar-refractivity contribution is -0.146. The molecule has 1 aliphatic carbocycles. The van der Waals surface area contributed by atoms with E-state index in [0.717, 1.165) is 12.1 Å². The Balaban J connectivity index is 2.21. The van der Waals surface area contributed by atoms with Gasteiger partial charge in [-0.05, 0) is 31.0 Å². The number of phenols is 2. The summed E-state index contributed by atoms with van der Waals surface area (Å²) in [6.45, 7) is 3.35. The Hall–Kier alpha value is -3.48. The van der Waals surface area contributed by atoms with Crippen molar-refractivity contribution >= 4 is 23.3 Å². The lowest BCUT2D eigenvalue weighted by Gasteiger charge is -2.27. The molecule has 0 saturated carbocycles. The molecular weight excluding hydrogens is 376 g/mol. The number of phenolic OH excluding ortho intramolecular Hbond substituents is 2. The van der Waals surface area contributed by atoms with Gasteiger partial charge >= 0.3 is 5.97 Å². The number of fused-ring (bicyclic) bond motifs is 2. The number of hydrogen-bond donors (Lipinski definition) is 3. The molecule has 3 N–H and O–H groups in total. The quantitative estimate of drug-likeness (QED) is 0.430. The van der Waals surface area contributed by atoms with E-state index in [9.17, 15) is 34.5 Å². The standard InChI is InChI=1S/C22H20O7/c1-3-8-22(4-2,21(28)29)20(27)11-9-13-17(15(24)10-11)19(26)16-12(18(13)25)6-5-7-14(16)23/h5-7,9-10,23-24H,3-4,8H2,1-2H3,(H,28,29). The van der Waals surface area contributed by atoms with Crippen LogP contribution in [0.3, 0.4) is 0 Å². The van der Waals surface area contributed by atoms with Crippen molar-refractivity contribution in [3.05, 3.63) is 58.1 Å². The highest BCUT2D eigenvalue weighted by molar-refractivity contribution is 6.30. The van der Waals surface area contributed by atoms with E-state index in [2.05, 4.69) is 0 Å². The third-order valence-corrected chi connectivity index (χ3v) is 5.49. The van der Waals surface area contributed by atoms with E-state index in [1.54, 1.807) is 13.8 Å². The maximum atomic E-state index is 13.1. The van der Waals surface area contributed by atoms with Crippen LogP contribution < -0.4 is 0 Å². The molecule has 1 aliphatic rings. The molecule has 7 heteroatoms. The zero-order valence-electron chi connectivity index (χ0n) is 16.0. The first-order chi connectivity index (χ1) is 13.7. The van der Waals surface area contributed by atoms with Crippen molar-refractivity contribution in [3.63, 3.8) is 0 Å². The number of carbonyl (C=O) groups excluding carboxylic acids is 3. The van der Waals surface area contributed by atoms with Gasteiger partial charge in [-0.2, -0.15) is 0 Å². The molecule has 0 amide bonds. The van der Waals surface area contributed by atoms with Crippen molar-refractivity contribution in [1.29, 1.82) is 0 Å². The number of hydrogen-bond acceptors (Lipinski definition) is 6. The fourth-order valence-corrected chi connectivity index (χ4v) is 3.92. The van der Waals surface area contributed by atoms with E-state index >= 15 is 0 Å². The van der Waals surface area contributed by atoms with E-state index in [4.69, 9.17) is 0 Å². The zero-order valence-corrected chi connectivity index (χ0v) is 16.0. The Morgan fingerprint density at radius 2 is 1.59 bits per heavy atom. The van der Waals surface area contributed by atoms with Crippen molar-refractivity contribution in [3.8, 4) is 11.5 Å². The molecule has 0 fully saturated rings. The Morgan fingerprint density at radius 1 is 0.931 bits per heavy atom. The molecule has 2 aromatic rings. The van der Waals surface area contributed by atoms with Crippen LogP contribution in [-0.4, -0.2) is 38.6 Å². The van der Waals surface area contributed by atoms with Gasteiger partial charge in [-0.3, -0.25) is 19.2 Å². The summed E-state index contributed by atoms with van der Waals surface area (Å²) in [5.74, 6) is -4.37. The molecule has 2 aromatic carbocycles. The first kappa shape index (κ1) is 20.3. The second-order valence-corrected chi connectivity index (χ2v) is 7.10. The molecule has 0 bridgehead atoms.